The highest BCUT2D eigenvalue weighted by molar-refractivity contribution is 5.96. The normalized spacial score (nSPS) is 16.7. The van der Waals surface area contributed by atoms with E-state index in [4.69, 9.17) is 9.47 Å². The van der Waals surface area contributed by atoms with Gasteiger partial charge in [-0.1, -0.05) is 6.07 Å². The predicted octanol–water partition coefficient (Wildman–Crippen LogP) is 0.767. The second-order valence-electron chi connectivity index (χ2n) is 6.35. The molecule has 26 heavy (non-hydrogen) atoms. The molecule has 4 rings (SSSR count). The molecule has 8 heteroatoms. The first-order valence-electron chi connectivity index (χ1n) is 8.42. The van der Waals surface area contributed by atoms with Crippen molar-refractivity contribution in [3.8, 4) is 17.2 Å². The van der Waals surface area contributed by atoms with Crippen molar-refractivity contribution < 1.29 is 19.4 Å². The van der Waals surface area contributed by atoms with Crippen molar-refractivity contribution in [2.45, 2.75) is 6.54 Å². The van der Waals surface area contributed by atoms with E-state index < -0.39 is 5.56 Å². The smallest absolute Gasteiger partial charge is 0.259 e. The van der Waals surface area contributed by atoms with Crippen molar-refractivity contribution in [1.29, 1.82) is 0 Å². The van der Waals surface area contributed by atoms with Crippen LogP contribution in [0.15, 0.2) is 35.3 Å². The Morgan fingerprint density at radius 2 is 1.88 bits per heavy atom. The van der Waals surface area contributed by atoms with Crippen molar-refractivity contribution in [2.24, 2.45) is 0 Å². The number of amides is 1. The number of benzene rings is 1. The predicted molar refractivity (Wildman–Crippen MR) is 92.5 cm³/mol. The molecule has 0 radical (unpaired) electrons. The zero-order valence-corrected chi connectivity index (χ0v) is 14.1. The van der Waals surface area contributed by atoms with E-state index in [-0.39, 0.29) is 24.0 Å². The van der Waals surface area contributed by atoms with Crippen molar-refractivity contribution >= 4 is 5.91 Å². The molecule has 2 aromatic rings. The highest BCUT2D eigenvalue weighted by Crippen LogP contribution is 2.32. The van der Waals surface area contributed by atoms with Gasteiger partial charge in [0.05, 0.1) is 5.56 Å². The molecule has 136 valence electrons. The standard InChI is InChI=1S/C18H19N3O5/c22-14-8-17(23)19-9-13(14)18(24)21-5-3-20(4-6-21)10-12-1-2-15-16(7-12)26-11-25-15/h1-2,7-9H,3-6,10-11H2,(H2,19,22,23). The summed E-state index contributed by atoms with van der Waals surface area (Å²) < 4.78 is 10.7. The molecule has 2 aliphatic rings. The molecule has 2 N–H and O–H groups in total. The summed E-state index contributed by atoms with van der Waals surface area (Å²) in [6.45, 7) is 3.60. The third-order valence-electron chi connectivity index (χ3n) is 4.64. The molecule has 3 heterocycles. The lowest BCUT2D eigenvalue weighted by molar-refractivity contribution is 0.0625. The highest BCUT2D eigenvalue weighted by Gasteiger charge is 2.24. The summed E-state index contributed by atoms with van der Waals surface area (Å²) in [7, 11) is 0. The van der Waals surface area contributed by atoms with Crippen LogP contribution in [0.2, 0.25) is 0 Å². The number of piperazine rings is 1. The molecule has 0 spiro atoms. The number of nitrogens with zero attached hydrogens (tertiary/aromatic N) is 2. The first-order chi connectivity index (χ1) is 12.6. The van der Waals surface area contributed by atoms with Gasteiger partial charge in [0.2, 0.25) is 6.79 Å². The molecule has 1 fully saturated rings. The van der Waals surface area contributed by atoms with Crippen LogP contribution in [0, 0.1) is 0 Å². The number of carbonyl (C=O) groups is 1. The number of carbonyl (C=O) groups excluding carboxylic acids is 1. The zero-order chi connectivity index (χ0) is 18.1. The minimum Gasteiger partial charge on any atom is -0.507 e. The van der Waals surface area contributed by atoms with E-state index in [0.29, 0.717) is 13.1 Å². The Balaban J connectivity index is 1.36. The topological polar surface area (TPSA) is 95.1 Å². The molecule has 1 amide bonds. The molecule has 0 bridgehead atoms. The fraction of sp³-hybridized carbons (Fsp3) is 0.333. The third-order valence-corrected chi connectivity index (χ3v) is 4.64. The number of aromatic hydroxyl groups is 1. The molecular formula is C18H19N3O5. The SMILES string of the molecule is O=C(c1c[nH]c(=O)cc1O)N1CCN(Cc2ccc3c(c2)OCO3)CC1. The summed E-state index contributed by atoms with van der Waals surface area (Å²) in [5, 5.41) is 9.82. The fourth-order valence-corrected chi connectivity index (χ4v) is 3.21. The molecule has 8 nitrogen and oxygen atoms in total. The second-order valence-corrected chi connectivity index (χ2v) is 6.35. The highest BCUT2D eigenvalue weighted by atomic mass is 16.7. The second kappa shape index (κ2) is 6.72. The van der Waals surface area contributed by atoms with Gasteiger partial charge in [0.25, 0.3) is 11.5 Å². The Kier molecular flexibility index (Phi) is 4.26. The number of aromatic amines is 1. The van der Waals surface area contributed by atoms with Gasteiger partial charge in [-0.25, -0.2) is 0 Å². The lowest BCUT2D eigenvalue weighted by Crippen LogP contribution is -2.48. The van der Waals surface area contributed by atoms with Gasteiger partial charge in [0, 0.05) is 45.0 Å². The lowest BCUT2D eigenvalue weighted by atomic mass is 10.1. The Hall–Kier alpha value is -3.00. The number of ether oxygens (including phenoxy) is 2. The maximum Gasteiger partial charge on any atom is 0.259 e. The number of fused-ring (bicyclic) bond motifs is 1. The summed E-state index contributed by atoms with van der Waals surface area (Å²) >= 11 is 0. The van der Waals surface area contributed by atoms with Crippen LogP contribution in [0.3, 0.4) is 0 Å². The number of nitrogens with one attached hydrogen (secondary N) is 1. The van der Waals surface area contributed by atoms with Crippen LogP contribution in [-0.4, -0.2) is 58.8 Å². The number of pyridine rings is 1. The number of rotatable bonds is 3. The first-order valence-corrected chi connectivity index (χ1v) is 8.42. The van der Waals surface area contributed by atoms with Gasteiger partial charge in [-0.3, -0.25) is 14.5 Å². The van der Waals surface area contributed by atoms with E-state index in [2.05, 4.69) is 9.88 Å². The van der Waals surface area contributed by atoms with Gasteiger partial charge in [0.1, 0.15) is 5.75 Å². The minimum atomic E-state index is -0.437. The quantitative estimate of drug-likeness (QED) is 0.842. The van der Waals surface area contributed by atoms with Gasteiger partial charge < -0.3 is 24.5 Å². The van der Waals surface area contributed by atoms with Crippen molar-refractivity contribution in [3.05, 3.63) is 51.9 Å². The van der Waals surface area contributed by atoms with Crippen LogP contribution in [0.5, 0.6) is 17.2 Å². The van der Waals surface area contributed by atoms with Crippen molar-refractivity contribution in [2.75, 3.05) is 33.0 Å². The Bertz CT molecular complexity index is 887. The van der Waals surface area contributed by atoms with Gasteiger partial charge >= 0.3 is 0 Å². The third kappa shape index (κ3) is 3.23. The summed E-state index contributed by atoms with van der Waals surface area (Å²) in [6, 6.07) is 6.93. The maximum absolute atomic E-state index is 12.5. The Morgan fingerprint density at radius 3 is 2.65 bits per heavy atom. The molecule has 1 saturated heterocycles. The van der Waals surface area contributed by atoms with Crippen LogP contribution in [0.4, 0.5) is 0 Å². The molecule has 0 saturated carbocycles. The maximum atomic E-state index is 12.5. The van der Waals surface area contributed by atoms with E-state index in [1.54, 1.807) is 4.90 Å². The number of hydrogen-bond acceptors (Lipinski definition) is 6. The Morgan fingerprint density at radius 1 is 1.12 bits per heavy atom. The lowest BCUT2D eigenvalue weighted by Gasteiger charge is -2.34. The van der Waals surface area contributed by atoms with Crippen LogP contribution >= 0.6 is 0 Å². The monoisotopic (exact) mass is 357 g/mol. The van der Waals surface area contributed by atoms with Crippen molar-refractivity contribution in [3.63, 3.8) is 0 Å². The van der Waals surface area contributed by atoms with Gasteiger partial charge in [-0.2, -0.15) is 0 Å². The average Bonchev–Trinajstić information content (AvgIpc) is 3.10. The van der Waals surface area contributed by atoms with Crippen LogP contribution in [-0.2, 0) is 6.54 Å². The number of H-pyrrole nitrogens is 1. The fourth-order valence-electron chi connectivity index (χ4n) is 3.21. The summed E-state index contributed by atoms with van der Waals surface area (Å²) in [6.07, 6.45) is 1.26. The first kappa shape index (κ1) is 16.5. The molecule has 2 aliphatic heterocycles. The summed E-state index contributed by atoms with van der Waals surface area (Å²) in [4.78, 5) is 30.1. The molecular weight excluding hydrogens is 338 g/mol. The van der Waals surface area contributed by atoms with Gasteiger partial charge in [-0.05, 0) is 17.7 Å². The largest absolute Gasteiger partial charge is 0.507 e. The van der Waals surface area contributed by atoms with Crippen LogP contribution < -0.4 is 15.0 Å². The molecule has 0 atom stereocenters. The van der Waals surface area contributed by atoms with E-state index in [1.165, 1.54) is 6.20 Å². The van der Waals surface area contributed by atoms with Crippen LogP contribution in [0.25, 0.3) is 0 Å². The Labute approximate surface area is 149 Å². The van der Waals surface area contributed by atoms with Gasteiger partial charge in [-0.15, -0.1) is 0 Å². The number of aromatic nitrogens is 1. The molecule has 1 aromatic carbocycles. The molecule has 0 aliphatic carbocycles. The van der Waals surface area contributed by atoms with Gasteiger partial charge in [0.15, 0.2) is 11.5 Å². The minimum absolute atomic E-state index is 0.119. The molecule has 1 aromatic heterocycles. The summed E-state index contributed by atoms with van der Waals surface area (Å²) in [5.74, 6) is 0.970. The zero-order valence-electron chi connectivity index (χ0n) is 14.1. The van der Waals surface area contributed by atoms with E-state index in [0.717, 1.165) is 42.8 Å². The summed E-state index contributed by atoms with van der Waals surface area (Å²) in [5.41, 5.74) is 0.814. The van der Waals surface area contributed by atoms with Crippen molar-refractivity contribution in [1.82, 2.24) is 14.8 Å². The average molecular weight is 357 g/mol. The number of hydrogen-bond donors (Lipinski definition) is 2. The van der Waals surface area contributed by atoms with E-state index >= 15 is 0 Å². The van der Waals surface area contributed by atoms with E-state index in [9.17, 15) is 14.7 Å². The van der Waals surface area contributed by atoms with Crippen LogP contribution in [0.1, 0.15) is 15.9 Å². The van der Waals surface area contributed by atoms with E-state index in [1.807, 2.05) is 18.2 Å². The molecule has 0 unspecified atom stereocenters.